The molecule has 7 nitrogen and oxygen atoms in total. The standard InChI is InChI=1S/C19H14N4O3/c24-18-10-15(12-4-5-16-17(9-12)26-8-7-25-16)22-19-13(11-21-23(18)19)14-3-1-2-6-20-14/h1-6,9-11,22H,7-8H2. The van der Waals surface area contributed by atoms with Crippen LogP contribution in [-0.4, -0.2) is 32.8 Å². The van der Waals surface area contributed by atoms with Gasteiger partial charge in [0.05, 0.1) is 23.1 Å². The molecule has 3 aromatic heterocycles. The predicted octanol–water partition coefficient (Wildman–Crippen LogP) is 2.52. The number of nitrogens with one attached hydrogen (secondary N) is 1. The van der Waals surface area contributed by atoms with Gasteiger partial charge in [0.2, 0.25) is 0 Å². The van der Waals surface area contributed by atoms with E-state index in [1.807, 2.05) is 36.4 Å². The molecule has 0 saturated heterocycles. The Morgan fingerprint density at radius 1 is 1.04 bits per heavy atom. The highest BCUT2D eigenvalue weighted by Crippen LogP contribution is 2.34. The van der Waals surface area contributed by atoms with Gasteiger partial charge in [-0.3, -0.25) is 9.78 Å². The van der Waals surface area contributed by atoms with Gasteiger partial charge in [0.25, 0.3) is 5.56 Å². The highest BCUT2D eigenvalue weighted by atomic mass is 16.6. The van der Waals surface area contributed by atoms with Gasteiger partial charge in [-0.05, 0) is 30.3 Å². The van der Waals surface area contributed by atoms with E-state index in [0.29, 0.717) is 36.1 Å². The molecule has 128 valence electrons. The fourth-order valence-electron chi connectivity index (χ4n) is 3.06. The number of fused-ring (bicyclic) bond motifs is 2. The van der Waals surface area contributed by atoms with Gasteiger partial charge in [-0.2, -0.15) is 9.61 Å². The van der Waals surface area contributed by atoms with Crippen molar-refractivity contribution in [2.75, 3.05) is 13.2 Å². The van der Waals surface area contributed by atoms with Crippen molar-refractivity contribution < 1.29 is 9.47 Å². The van der Waals surface area contributed by atoms with E-state index in [-0.39, 0.29) is 5.56 Å². The molecule has 0 aliphatic carbocycles. The molecule has 1 aliphatic heterocycles. The molecule has 0 unspecified atom stereocenters. The summed E-state index contributed by atoms with van der Waals surface area (Å²) in [6.07, 6.45) is 3.35. The van der Waals surface area contributed by atoms with Crippen LogP contribution in [0, 0.1) is 0 Å². The van der Waals surface area contributed by atoms with Gasteiger partial charge in [-0.1, -0.05) is 6.07 Å². The zero-order chi connectivity index (χ0) is 17.5. The second kappa shape index (κ2) is 5.73. The zero-order valence-corrected chi connectivity index (χ0v) is 13.7. The Kier molecular flexibility index (Phi) is 3.24. The zero-order valence-electron chi connectivity index (χ0n) is 13.7. The number of ether oxygens (including phenoxy) is 2. The van der Waals surface area contributed by atoms with Crippen LogP contribution < -0.4 is 15.0 Å². The summed E-state index contributed by atoms with van der Waals surface area (Å²) in [6.45, 7) is 1.05. The lowest BCUT2D eigenvalue weighted by molar-refractivity contribution is 0.171. The summed E-state index contributed by atoms with van der Waals surface area (Å²) < 4.78 is 12.5. The molecule has 26 heavy (non-hydrogen) atoms. The minimum atomic E-state index is -0.217. The van der Waals surface area contributed by atoms with Crippen molar-refractivity contribution in [2.24, 2.45) is 0 Å². The molecule has 0 amide bonds. The van der Waals surface area contributed by atoms with Gasteiger partial charge >= 0.3 is 0 Å². The summed E-state index contributed by atoms with van der Waals surface area (Å²) in [5.74, 6) is 1.38. The number of hydrogen-bond donors (Lipinski definition) is 1. The fourth-order valence-corrected chi connectivity index (χ4v) is 3.06. The molecular weight excluding hydrogens is 332 g/mol. The van der Waals surface area contributed by atoms with Crippen LogP contribution >= 0.6 is 0 Å². The largest absolute Gasteiger partial charge is 0.486 e. The molecule has 0 fully saturated rings. The maximum atomic E-state index is 12.5. The van der Waals surface area contributed by atoms with Crippen LogP contribution in [0.15, 0.2) is 59.7 Å². The number of benzene rings is 1. The summed E-state index contributed by atoms with van der Waals surface area (Å²) in [7, 11) is 0. The van der Waals surface area contributed by atoms with Crippen LogP contribution in [0.5, 0.6) is 11.5 Å². The number of rotatable bonds is 2. The average molecular weight is 346 g/mol. The minimum Gasteiger partial charge on any atom is -0.486 e. The number of aromatic amines is 1. The summed E-state index contributed by atoms with van der Waals surface area (Å²) >= 11 is 0. The molecule has 4 aromatic rings. The smallest absolute Gasteiger partial charge is 0.274 e. The monoisotopic (exact) mass is 346 g/mol. The van der Waals surface area contributed by atoms with Crippen molar-refractivity contribution in [3.05, 3.63) is 65.2 Å². The minimum absolute atomic E-state index is 0.217. The summed E-state index contributed by atoms with van der Waals surface area (Å²) in [6, 6.07) is 12.8. The van der Waals surface area contributed by atoms with Gasteiger partial charge in [0.15, 0.2) is 11.5 Å². The van der Waals surface area contributed by atoms with Crippen LogP contribution in [-0.2, 0) is 0 Å². The Labute approximate surface area is 147 Å². The first-order chi connectivity index (χ1) is 12.8. The Bertz CT molecular complexity index is 1160. The van der Waals surface area contributed by atoms with Crippen molar-refractivity contribution in [3.63, 3.8) is 0 Å². The Morgan fingerprint density at radius 2 is 1.92 bits per heavy atom. The first-order valence-electron chi connectivity index (χ1n) is 8.22. The topological polar surface area (TPSA) is 81.5 Å². The predicted molar refractivity (Wildman–Crippen MR) is 95.5 cm³/mol. The van der Waals surface area contributed by atoms with Crippen molar-refractivity contribution in [2.45, 2.75) is 0 Å². The number of aromatic nitrogens is 4. The fraction of sp³-hybridized carbons (Fsp3) is 0.105. The Balaban J connectivity index is 1.69. The molecule has 1 aromatic carbocycles. The van der Waals surface area contributed by atoms with Crippen LogP contribution in [0.2, 0.25) is 0 Å². The van der Waals surface area contributed by atoms with Crippen LogP contribution in [0.25, 0.3) is 28.2 Å². The molecular formula is C19H14N4O3. The molecule has 0 spiro atoms. The second-order valence-corrected chi connectivity index (χ2v) is 5.91. The number of pyridine rings is 1. The third kappa shape index (κ3) is 2.33. The lowest BCUT2D eigenvalue weighted by atomic mass is 10.1. The van der Waals surface area contributed by atoms with E-state index in [9.17, 15) is 4.79 Å². The van der Waals surface area contributed by atoms with Gasteiger partial charge in [-0.25, -0.2) is 0 Å². The molecule has 7 heteroatoms. The maximum Gasteiger partial charge on any atom is 0.274 e. The van der Waals surface area contributed by atoms with Gasteiger partial charge in [0.1, 0.15) is 18.9 Å². The van der Waals surface area contributed by atoms with E-state index >= 15 is 0 Å². The molecule has 0 radical (unpaired) electrons. The second-order valence-electron chi connectivity index (χ2n) is 5.91. The highest BCUT2D eigenvalue weighted by Gasteiger charge is 2.15. The third-order valence-corrected chi connectivity index (χ3v) is 4.29. The molecule has 1 N–H and O–H groups in total. The summed E-state index contributed by atoms with van der Waals surface area (Å²) in [5.41, 5.74) is 3.41. The molecule has 5 rings (SSSR count). The molecule has 0 bridgehead atoms. The Morgan fingerprint density at radius 3 is 2.77 bits per heavy atom. The first kappa shape index (κ1) is 14.7. The van der Waals surface area contributed by atoms with E-state index in [1.54, 1.807) is 12.4 Å². The number of H-pyrrole nitrogens is 1. The van der Waals surface area contributed by atoms with Crippen LogP contribution in [0.3, 0.4) is 0 Å². The lowest BCUT2D eigenvalue weighted by Crippen LogP contribution is -2.16. The summed E-state index contributed by atoms with van der Waals surface area (Å²) in [4.78, 5) is 20.2. The molecule has 0 atom stereocenters. The van der Waals surface area contributed by atoms with Crippen LogP contribution in [0.4, 0.5) is 0 Å². The van der Waals surface area contributed by atoms with Gasteiger partial charge in [-0.15, -0.1) is 0 Å². The van der Waals surface area contributed by atoms with E-state index in [0.717, 1.165) is 16.8 Å². The SMILES string of the molecule is O=c1cc(-c2ccc3c(c2)OCCO3)[nH]c2c(-c3ccccn3)cnn12. The van der Waals surface area contributed by atoms with Crippen molar-refractivity contribution in [3.8, 4) is 34.0 Å². The maximum absolute atomic E-state index is 12.5. The third-order valence-electron chi connectivity index (χ3n) is 4.29. The quantitative estimate of drug-likeness (QED) is 0.603. The van der Waals surface area contributed by atoms with Crippen molar-refractivity contribution in [1.82, 2.24) is 19.6 Å². The van der Waals surface area contributed by atoms with Crippen LogP contribution in [0.1, 0.15) is 0 Å². The number of nitrogens with zero attached hydrogens (tertiary/aromatic N) is 3. The Hall–Kier alpha value is -3.61. The normalized spacial score (nSPS) is 13.1. The van der Waals surface area contributed by atoms with E-state index in [2.05, 4.69) is 15.1 Å². The van der Waals surface area contributed by atoms with E-state index in [4.69, 9.17) is 9.47 Å². The first-order valence-corrected chi connectivity index (χ1v) is 8.22. The number of hydrogen-bond acceptors (Lipinski definition) is 5. The van der Waals surface area contributed by atoms with Gasteiger partial charge in [0, 0.05) is 17.8 Å². The lowest BCUT2D eigenvalue weighted by Gasteiger charge is -2.18. The molecule has 0 saturated carbocycles. The average Bonchev–Trinajstić information content (AvgIpc) is 3.13. The molecule has 1 aliphatic rings. The van der Waals surface area contributed by atoms with Crippen molar-refractivity contribution in [1.29, 1.82) is 0 Å². The van der Waals surface area contributed by atoms with Crippen molar-refractivity contribution >= 4 is 5.65 Å². The van der Waals surface area contributed by atoms with E-state index < -0.39 is 0 Å². The highest BCUT2D eigenvalue weighted by molar-refractivity contribution is 5.76. The van der Waals surface area contributed by atoms with E-state index in [1.165, 1.54) is 10.6 Å². The summed E-state index contributed by atoms with van der Waals surface area (Å²) in [5, 5.41) is 4.19. The van der Waals surface area contributed by atoms with Gasteiger partial charge < -0.3 is 14.5 Å². The molecule has 4 heterocycles.